The molecule has 3 heteroatoms. The second kappa shape index (κ2) is 5.31. The topological polar surface area (TPSA) is 22.1 Å². The average molecular weight is 348 g/mol. The van der Waals surface area contributed by atoms with Gasteiger partial charge in [-0.3, -0.25) is 0 Å². The minimum absolute atomic E-state index is 0.884. The minimum atomic E-state index is -2.02. The standard InChI is InChI=1S/C12H10NO.3CH3.Sn/c1-14-12-6-4-10(5-7-12)11-3-2-8-13-9-11;;;;/h2-7,9H,1H3;3*1H3;. The molecule has 0 N–H and O–H groups in total. The fraction of sp³-hybridized carbons (Fsp3) is 0.267. The quantitative estimate of drug-likeness (QED) is 0.795. The van der Waals surface area contributed by atoms with Gasteiger partial charge in [0.2, 0.25) is 0 Å². The van der Waals surface area contributed by atoms with Crippen LogP contribution in [-0.2, 0) is 0 Å². The molecular formula is C15H19NOSn. The summed E-state index contributed by atoms with van der Waals surface area (Å²) in [4.78, 5) is 11.8. The van der Waals surface area contributed by atoms with Crippen molar-refractivity contribution in [3.63, 3.8) is 0 Å². The Kier molecular flexibility index (Phi) is 3.95. The van der Waals surface area contributed by atoms with Crippen LogP contribution in [0, 0.1) is 0 Å². The van der Waals surface area contributed by atoms with E-state index in [0.29, 0.717) is 0 Å². The molecule has 0 fully saturated rings. The van der Waals surface area contributed by atoms with Gasteiger partial charge in [0.25, 0.3) is 0 Å². The molecule has 0 aliphatic rings. The molecule has 1 heterocycles. The van der Waals surface area contributed by atoms with Crippen LogP contribution in [0.4, 0.5) is 0 Å². The van der Waals surface area contributed by atoms with Crippen LogP contribution in [0.2, 0.25) is 14.8 Å². The third-order valence-electron chi connectivity index (χ3n) is 2.96. The molecule has 2 aromatic rings. The van der Waals surface area contributed by atoms with Gasteiger partial charge in [-0.1, -0.05) is 0 Å². The maximum atomic E-state index is 5.16. The van der Waals surface area contributed by atoms with Crippen molar-refractivity contribution in [2.75, 3.05) is 7.11 Å². The number of benzene rings is 1. The molecule has 0 aliphatic carbocycles. The Balaban J connectivity index is 2.28. The van der Waals surface area contributed by atoms with Crippen molar-refractivity contribution in [1.82, 2.24) is 4.98 Å². The first-order valence-electron chi connectivity index (χ1n) is 6.11. The summed E-state index contributed by atoms with van der Waals surface area (Å²) in [6.45, 7) is 0. The summed E-state index contributed by atoms with van der Waals surface area (Å²) in [7, 11) is 1.68. The molecule has 18 heavy (non-hydrogen) atoms. The van der Waals surface area contributed by atoms with Crippen molar-refractivity contribution in [2.45, 2.75) is 14.8 Å². The van der Waals surface area contributed by atoms with Gasteiger partial charge < -0.3 is 0 Å². The summed E-state index contributed by atoms with van der Waals surface area (Å²) < 4.78 is 6.48. The summed E-state index contributed by atoms with van der Waals surface area (Å²) in [6, 6.07) is 12.5. The van der Waals surface area contributed by atoms with E-state index in [1.54, 1.807) is 7.11 Å². The van der Waals surface area contributed by atoms with Crippen LogP contribution in [0.25, 0.3) is 11.1 Å². The monoisotopic (exact) mass is 349 g/mol. The summed E-state index contributed by atoms with van der Waals surface area (Å²) in [6.07, 6.45) is 1.99. The van der Waals surface area contributed by atoms with Crippen molar-refractivity contribution in [2.24, 2.45) is 0 Å². The Morgan fingerprint density at radius 3 is 1.94 bits per heavy atom. The van der Waals surface area contributed by atoms with Crippen molar-refractivity contribution < 1.29 is 4.74 Å². The zero-order valence-electron chi connectivity index (χ0n) is 11.4. The van der Waals surface area contributed by atoms with E-state index in [0.717, 1.165) is 11.3 Å². The van der Waals surface area contributed by atoms with Crippen LogP contribution < -0.4 is 8.45 Å². The molecule has 1 aromatic carbocycles. The number of pyridine rings is 1. The first kappa shape index (κ1) is 13.4. The predicted molar refractivity (Wildman–Crippen MR) is 79.2 cm³/mol. The van der Waals surface area contributed by atoms with Gasteiger partial charge in [0.15, 0.2) is 0 Å². The Hall–Kier alpha value is -1.03. The number of ether oxygens (including phenoxy) is 1. The number of rotatable bonds is 3. The third-order valence-corrected chi connectivity index (χ3v) is 8.19. The zero-order chi connectivity index (χ0) is 13.2. The molecule has 0 bridgehead atoms. The molecular weight excluding hydrogens is 329 g/mol. The van der Waals surface area contributed by atoms with Crippen molar-refractivity contribution in [1.29, 1.82) is 0 Å². The normalized spacial score (nSPS) is 11.3. The van der Waals surface area contributed by atoms with Crippen LogP contribution in [0.5, 0.6) is 5.75 Å². The number of aromatic nitrogens is 1. The van der Waals surface area contributed by atoms with Crippen LogP contribution >= 0.6 is 0 Å². The van der Waals surface area contributed by atoms with E-state index in [4.69, 9.17) is 4.74 Å². The Labute approximate surface area is 113 Å². The molecule has 2 rings (SSSR count). The van der Waals surface area contributed by atoms with Crippen LogP contribution in [0.1, 0.15) is 0 Å². The van der Waals surface area contributed by atoms with Crippen LogP contribution in [-0.4, -0.2) is 30.5 Å². The van der Waals surface area contributed by atoms with Gasteiger partial charge in [-0.15, -0.1) is 0 Å². The van der Waals surface area contributed by atoms with Gasteiger partial charge in [-0.25, -0.2) is 0 Å². The number of nitrogens with zero attached hydrogens (tertiary/aromatic N) is 1. The van der Waals surface area contributed by atoms with Crippen LogP contribution in [0.15, 0.2) is 42.6 Å². The molecule has 0 unspecified atom stereocenters. The van der Waals surface area contributed by atoms with E-state index >= 15 is 0 Å². The van der Waals surface area contributed by atoms with E-state index in [1.807, 2.05) is 18.3 Å². The second-order valence-electron chi connectivity index (χ2n) is 5.41. The average Bonchev–Trinajstić information content (AvgIpc) is 2.38. The molecule has 0 saturated carbocycles. The molecule has 0 saturated heterocycles. The van der Waals surface area contributed by atoms with E-state index in [-0.39, 0.29) is 0 Å². The van der Waals surface area contributed by atoms with Crippen molar-refractivity contribution in [3.8, 4) is 16.9 Å². The first-order valence-corrected chi connectivity index (χ1v) is 16.1. The Morgan fingerprint density at radius 2 is 1.50 bits per heavy atom. The zero-order valence-corrected chi connectivity index (χ0v) is 14.3. The van der Waals surface area contributed by atoms with Crippen molar-refractivity contribution in [3.05, 3.63) is 42.6 Å². The summed E-state index contributed by atoms with van der Waals surface area (Å²) in [5, 5.41) is 0. The SMILES string of the molecule is COc1ccc(-c2cc[c]([Sn]([CH3])([CH3])[CH3])nc2)cc1. The Bertz CT molecular complexity index is 512. The number of methoxy groups -OCH3 is 1. The Morgan fingerprint density at radius 1 is 0.889 bits per heavy atom. The van der Waals surface area contributed by atoms with E-state index < -0.39 is 18.4 Å². The molecule has 0 aliphatic heterocycles. The van der Waals surface area contributed by atoms with E-state index in [2.05, 4.69) is 44.1 Å². The maximum absolute atomic E-state index is 5.16. The number of hydrogen-bond acceptors (Lipinski definition) is 2. The molecule has 0 atom stereocenters. The first-order chi connectivity index (χ1) is 8.50. The third kappa shape index (κ3) is 3.05. The van der Waals surface area contributed by atoms with Gasteiger partial charge in [0, 0.05) is 0 Å². The van der Waals surface area contributed by atoms with Gasteiger partial charge in [0.1, 0.15) is 0 Å². The number of hydrogen-bond donors (Lipinski definition) is 0. The molecule has 0 amide bonds. The summed E-state index contributed by atoms with van der Waals surface area (Å²) in [5.41, 5.74) is 2.34. The van der Waals surface area contributed by atoms with Gasteiger partial charge >= 0.3 is 113 Å². The molecule has 2 nitrogen and oxygen atoms in total. The van der Waals surface area contributed by atoms with Crippen LogP contribution in [0.3, 0.4) is 0 Å². The summed E-state index contributed by atoms with van der Waals surface area (Å²) in [5.74, 6) is 0.884. The van der Waals surface area contributed by atoms with E-state index in [1.165, 1.54) is 9.27 Å². The molecule has 0 spiro atoms. The van der Waals surface area contributed by atoms with Gasteiger partial charge in [-0.05, 0) is 0 Å². The molecule has 1 aromatic heterocycles. The van der Waals surface area contributed by atoms with E-state index in [9.17, 15) is 0 Å². The molecule has 94 valence electrons. The summed E-state index contributed by atoms with van der Waals surface area (Å²) >= 11 is -2.02. The van der Waals surface area contributed by atoms with Crippen molar-refractivity contribution >= 4 is 22.1 Å². The predicted octanol–water partition coefficient (Wildman–Crippen LogP) is 3.30. The fourth-order valence-electron chi connectivity index (χ4n) is 1.79. The fourth-order valence-corrected chi connectivity index (χ4v) is 4.75. The van der Waals surface area contributed by atoms with Gasteiger partial charge in [-0.2, -0.15) is 0 Å². The molecule has 0 radical (unpaired) electrons. The second-order valence-corrected chi connectivity index (χ2v) is 19.7. The van der Waals surface area contributed by atoms with Gasteiger partial charge in [0.05, 0.1) is 0 Å².